The van der Waals surface area contributed by atoms with Gasteiger partial charge in [0, 0.05) is 0 Å². The molecule has 0 bridgehead atoms. The first-order chi connectivity index (χ1) is 13.8. The van der Waals surface area contributed by atoms with Crippen LogP contribution in [-0.4, -0.2) is 57.6 Å². The minimum Gasteiger partial charge on any atom is -0.459 e. The summed E-state index contributed by atoms with van der Waals surface area (Å²) in [5, 5.41) is 14.6. The van der Waals surface area contributed by atoms with E-state index in [1.165, 1.54) is 6.26 Å². The number of aromatic nitrogens is 4. The van der Waals surface area contributed by atoms with Crippen LogP contribution < -0.4 is 10.1 Å². The highest BCUT2D eigenvalue weighted by molar-refractivity contribution is 5.91. The normalized spacial score (nSPS) is 26.1. The number of carbonyl (C=O) groups is 1. The van der Waals surface area contributed by atoms with Crippen LogP contribution in [0, 0.1) is 0 Å². The Kier molecular flexibility index (Phi) is 4.26. The van der Waals surface area contributed by atoms with Crippen LogP contribution in [0.15, 0.2) is 53.1 Å². The molecule has 2 aromatic heterocycles. The van der Waals surface area contributed by atoms with E-state index in [0.29, 0.717) is 19.0 Å². The lowest BCUT2D eigenvalue weighted by molar-refractivity contribution is 0.0605. The second kappa shape index (κ2) is 7.06. The molecule has 0 saturated carbocycles. The van der Waals surface area contributed by atoms with Gasteiger partial charge < -0.3 is 23.9 Å². The summed E-state index contributed by atoms with van der Waals surface area (Å²) >= 11 is 0. The molecule has 4 heterocycles. The van der Waals surface area contributed by atoms with Crippen LogP contribution in [0.5, 0.6) is 11.8 Å². The third kappa shape index (κ3) is 3.02. The van der Waals surface area contributed by atoms with Crippen molar-refractivity contribution in [1.29, 1.82) is 0 Å². The van der Waals surface area contributed by atoms with Gasteiger partial charge in [0.25, 0.3) is 5.91 Å². The van der Waals surface area contributed by atoms with Crippen molar-refractivity contribution in [3.05, 3.63) is 54.5 Å². The van der Waals surface area contributed by atoms with Gasteiger partial charge in [0.2, 0.25) is 0 Å². The largest absolute Gasteiger partial charge is 0.459 e. The Bertz CT molecular complexity index is 944. The Morgan fingerprint density at radius 1 is 1.11 bits per heavy atom. The number of rotatable bonds is 5. The number of carbonyl (C=O) groups excluding carboxylic acids is 1. The third-order valence-electron chi connectivity index (χ3n) is 4.82. The molecule has 2 aliphatic rings. The van der Waals surface area contributed by atoms with Crippen LogP contribution in [0.2, 0.25) is 0 Å². The SMILES string of the molecule is O=C(N[C@H]1CO[C@H]2[C@@H]1OC[C@@H]2n1nnnc1Oc1ccccc1)c1ccco1. The van der Waals surface area contributed by atoms with Crippen molar-refractivity contribution in [2.75, 3.05) is 13.2 Å². The second-order valence-electron chi connectivity index (χ2n) is 6.54. The van der Waals surface area contributed by atoms with Crippen LogP contribution in [0.4, 0.5) is 0 Å². The summed E-state index contributed by atoms with van der Waals surface area (Å²) in [6, 6.07) is 12.2. The number of nitrogens with one attached hydrogen (secondary N) is 1. The maximum absolute atomic E-state index is 12.2. The molecule has 1 amide bonds. The number of furan rings is 1. The van der Waals surface area contributed by atoms with E-state index in [-0.39, 0.29) is 42.0 Å². The van der Waals surface area contributed by atoms with Crippen molar-refractivity contribution < 1.29 is 23.4 Å². The van der Waals surface area contributed by atoms with Gasteiger partial charge in [-0.2, -0.15) is 4.68 Å². The van der Waals surface area contributed by atoms with Crippen molar-refractivity contribution in [1.82, 2.24) is 25.5 Å². The molecular formula is C18H17N5O5. The maximum atomic E-state index is 12.2. The first-order valence-corrected chi connectivity index (χ1v) is 8.88. The molecule has 0 aliphatic carbocycles. The Balaban J connectivity index is 1.29. The predicted molar refractivity (Wildman–Crippen MR) is 92.8 cm³/mol. The van der Waals surface area contributed by atoms with Gasteiger partial charge in [-0.1, -0.05) is 23.3 Å². The van der Waals surface area contributed by atoms with Crippen LogP contribution >= 0.6 is 0 Å². The Morgan fingerprint density at radius 3 is 2.79 bits per heavy atom. The number of tetrazole rings is 1. The molecule has 0 unspecified atom stereocenters. The zero-order valence-corrected chi connectivity index (χ0v) is 14.7. The zero-order valence-electron chi connectivity index (χ0n) is 14.7. The van der Waals surface area contributed by atoms with Crippen molar-refractivity contribution >= 4 is 5.91 Å². The number of nitrogens with zero attached hydrogens (tertiary/aromatic N) is 4. The standard InChI is InChI=1S/C18H17N5O5/c24-17(14-7-4-8-25-14)19-12-9-26-16-13(10-27-15(12)16)23-18(20-21-22-23)28-11-5-2-1-3-6-11/h1-8,12-13,15-16H,9-10H2,(H,19,24)/t12-,13-,15+,16+/m0/s1. The number of amides is 1. The highest BCUT2D eigenvalue weighted by Crippen LogP contribution is 2.36. The molecule has 10 nitrogen and oxygen atoms in total. The Labute approximate surface area is 159 Å². The molecule has 0 radical (unpaired) electrons. The van der Waals surface area contributed by atoms with E-state index in [1.54, 1.807) is 16.8 Å². The average Bonchev–Trinajstić information content (AvgIpc) is 3.49. The van der Waals surface area contributed by atoms with Crippen molar-refractivity contribution in [3.63, 3.8) is 0 Å². The van der Waals surface area contributed by atoms with Gasteiger partial charge in [-0.3, -0.25) is 4.79 Å². The number of ether oxygens (including phenoxy) is 3. The molecule has 3 aromatic rings. The van der Waals surface area contributed by atoms with Crippen LogP contribution in [0.3, 0.4) is 0 Å². The second-order valence-corrected chi connectivity index (χ2v) is 6.54. The van der Waals surface area contributed by atoms with Crippen LogP contribution in [-0.2, 0) is 9.47 Å². The lowest BCUT2D eigenvalue weighted by atomic mass is 10.1. The van der Waals surface area contributed by atoms with Gasteiger partial charge in [0.05, 0.1) is 25.5 Å². The summed E-state index contributed by atoms with van der Waals surface area (Å²) in [7, 11) is 0. The quantitative estimate of drug-likeness (QED) is 0.699. The van der Waals surface area contributed by atoms with Crippen molar-refractivity contribution in [3.8, 4) is 11.8 Å². The van der Waals surface area contributed by atoms with E-state index < -0.39 is 0 Å². The fourth-order valence-corrected chi connectivity index (χ4v) is 3.51. The molecule has 5 rings (SSSR count). The van der Waals surface area contributed by atoms with E-state index in [1.807, 2.05) is 30.3 Å². The first kappa shape index (κ1) is 16.9. The summed E-state index contributed by atoms with van der Waals surface area (Å²) in [6.07, 6.45) is 0.845. The summed E-state index contributed by atoms with van der Waals surface area (Å²) in [4.78, 5) is 12.2. The molecule has 2 saturated heterocycles. The smallest absolute Gasteiger partial charge is 0.341 e. The molecule has 144 valence electrons. The number of hydrogen-bond acceptors (Lipinski definition) is 8. The van der Waals surface area contributed by atoms with Gasteiger partial charge in [0.15, 0.2) is 5.76 Å². The maximum Gasteiger partial charge on any atom is 0.341 e. The summed E-state index contributed by atoms with van der Waals surface area (Å²) in [5.41, 5.74) is 0. The fourth-order valence-electron chi connectivity index (χ4n) is 3.51. The minimum absolute atomic E-state index is 0.247. The molecule has 2 fully saturated rings. The Morgan fingerprint density at radius 2 is 1.96 bits per heavy atom. The topological polar surface area (TPSA) is 114 Å². The lowest BCUT2D eigenvalue weighted by Gasteiger charge is -2.17. The molecule has 4 atom stereocenters. The minimum atomic E-state index is -0.308. The average molecular weight is 383 g/mol. The Hall–Kier alpha value is -3.24. The number of fused-ring (bicyclic) bond motifs is 1. The molecule has 1 aromatic carbocycles. The van der Waals surface area contributed by atoms with Crippen LogP contribution in [0.1, 0.15) is 16.6 Å². The van der Waals surface area contributed by atoms with Gasteiger partial charge in [-0.25, -0.2) is 0 Å². The van der Waals surface area contributed by atoms with E-state index in [9.17, 15) is 4.79 Å². The number of hydrogen-bond donors (Lipinski definition) is 1. The molecule has 0 spiro atoms. The van der Waals surface area contributed by atoms with E-state index >= 15 is 0 Å². The summed E-state index contributed by atoms with van der Waals surface area (Å²) < 4.78 is 24.3. The van der Waals surface area contributed by atoms with Crippen molar-refractivity contribution in [2.24, 2.45) is 0 Å². The molecule has 10 heteroatoms. The first-order valence-electron chi connectivity index (χ1n) is 8.88. The lowest BCUT2D eigenvalue weighted by Crippen LogP contribution is -2.44. The summed E-state index contributed by atoms with van der Waals surface area (Å²) in [5.74, 6) is 0.573. The van der Waals surface area contributed by atoms with Gasteiger partial charge in [-0.05, 0) is 34.7 Å². The summed E-state index contributed by atoms with van der Waals surface area (Å²) in [6.45, 7) is 0.675. The van der Waals surface area contributed by atoms with Crippen LogP contribution in [0.25, 0.3) is 0 Å². The fraction of sp³-hybridized carbons (Fsp3) is 0.333. The molecule has 2 aliphatic heterocycles. The monoisotopic (exact) mass is 383 g/mol. The third-order valence-corrected chi connectivity index (χ3v) is 4.82. The van der Waals surface area contributed by atoms with Gasteiger partial charge >= 0.3 is 6.01 Å². The van der Waals surface area contributed by atoms with E-state index in [4.69, 9.17) is 18.6 Å². The number of para-hydroxylation sites is 1. The molecule has 1 N–H and O–H groups in total. The highest BCUT2D eigenvalue weighted by Gasteiger charge is 2.50. The van der Waals surface area contributed by atoms with Gasteiger partial charge in [-0.15, -0.1) is 0 Å². The molecule has 28 heavy (non-hydrogen) atoms. The predicted octanol–water partition coefficient (Wildman–Crippen LogP) is 1.20. The van der Waals surface area contributed by atoms with E-state index in [2.05, 4.69) is 20.8 Å². The number of benzene rings is 1. The van der Waals surface area contributed by atoms with Crippen molar-refractivity contribution in [2.45, 2.75) is 24.3 Å². The van der Waals surface area contributed by atoms with E-state index in [0.717, 1.165) is 0 Å². The highest BCUT2D eigenvalue weighted by atomic mass is 16.6. The molecular weight excluding hydrogens is 366 g/mol. The zero-order chi connectivity index (χ0) is 18.9. The van der Waals surface area contributed by atoms with Gasteiger partial charge in [0.1, 0.15) is 24.0 Å².